The van der Waals surface area contributed by atoms with Gasteiger partial charge < -0.3 is 4.74 Å². The standard InChI is InChI=1S/C24H29F3O/c1-3-5-16-6-7-19(22(25)14-16)15-28-20-11-8-18(9-12-20)21-13-10-17(4-2)23(26)24(21)27/h6-7,10,13-14,18,20H,3-5,8-9,11-12,15H2,1-2H3. The van der Waals surface area contributed by atoms with Crippen LogP contribution in [0.25, 0.3) is 0 Å². The third kappa shape index (κ3) is 4.78. The van der Waals surface area contributed by atoms with Gasteiger partial charge in [0, 0.05) is 5.56 Å². The van der Waals surface area contributed by atoms with E-state index in [2.05, 4.69) is 6.92 Å². The molecule has 0 aromatic heterocycles. The Balaban J connectivity index is 1.54. The Labute approximate surface area is 165 Å². The molecule has 0 radical (unpaired) electrons. The second-order valence-electron chi connectivity index (χ2n) is 7.76. The van der Waals surface area contributed by atoms with Crippen molar-refractivity contribution in [3.8, 4) is 0 Å². The fourth-order valence-corrected chi connectivity index (χ4v) is 4.09. The molecule has 0 unspecified atom stereocenters. The normalized spacial score (nSPS) is 19.8. The van der Waals surface area contributed by atoms with Crippen LogP contribution in [0.2, 0.25) is 0 Å². The van der Waals surface area contributed by atoms with Gasteiger partial charge in [0.15, 0.2) is 11.6 Å². The van der Waals surface area contributed by atoms with Crippen molar-refractivity contribution in [1.82, 2.24) is 0 Å². The van der Waals surface area contributed by atoms with Gasteiger partial charge in [-0.05, 0) is 67.2 Å². The highest BCUT2D eigenvalue weighted by Crippen LogP contribution is 2.36. The molecule has 152 valence electrons. The predicted octanol–water partition coefficient (Wildman–Crippen LogP) is 6.86. The van der Waals surface area contributed by atoms with Crippen molar-refractivity contribution in [2.75, 3.05) is 0 Å². The number of halogens is 3. The molecule has 3 rings (SSSR count). The van der Waals surface area contributed by atoms with E-state index >= 15 is 0 Å². The van der Waals surface area contributed by atoms with Crippen LogP contribution in [-0.2, 0) is 24.2 Å². The molecule has 1 saturated carbocycles. The summed E-state index contributed by atoms with van der Waals surface area (Å²) in [5.41, 5.74) is 2.48. The molecule has 0 N–H and O–H groups in total. The minimum atomic E-state index is -0.708. The Hall–Kier alpha value is -1.81. The average Bonchev–Trinajstić information content (AvgIpc) is 2.70. The van der Waals surface area contributed by atoms with E-state index in [-0.39, 0.29) is 24.4 Å². The molecule has 28 heavy (non-hydrogen) atoms. The Morgan fingerprint density at radius 2 is 1.61 bits per heavy atom. The molecule has 2 aromatic rings. The first-order valence-corrected chi connectivity index (χ1v) is 10.4. The van der Waals surface area contributed by atoms with E-state index < -0.39 is 11.6 Å². The van der Waals surface area contributed by atoms with Gasteiger partial charge in [-0.3, -0.25) is 0 Å². The lowest BCUT2D eigenvalue weighted by molar-refractivity contribution is 0.0118. The van der Waals surface area contributed by atoms with E-state index in [4.69, 9.17) is 4.74 Å². The lowest BCUT2D eigenvalue weighted by atomic mass is 9.82. The lowest BCUT2D eigenvalue weighted by Crippen LogP contribution is -2.21. The molecule has 1 aliphatic carbocycles. The number of benzene rings is 2. The van der Waals surface area contributed by atoms with Crippen molar-refractivity contribution < 1.29 is 17.9 Å². The van der Waals surface area contributed by atoms with Crippen LogP contribution < -0.4 is 0 Å². The van der Waals surface area contributed by atoms with Crippen LogP contribution >= 0.6 is 0 Å². The van der Waals surface area contributed by atoms with E-state index in [9.17, 15) is 13.2 Å². The second kappa shape index (κ2) is 9.60. The number of hydrogen-bond donors (Lipinski definition) is 0. The number of rotatable bonds is 7. The zero-order valence-corrected chi connectivity index (χ0v) is 16.7. The summed E-state index contributed by atoms with van der Waals surface area (Å²) in [5.74, 6) is -1.60. The molecule has 0 spiro atoms. The van der Waals surface area contributed by atoms with Crippen LogP contribution in [0, 0.1) is 17.5 Å². The van der Waals surface area contributed by atoms with Gasteiger partial charge in [-0.2, -0.15) is 0 Å². The first kappa shape index (κ1) is 20.9. The summed E-state index contributed by atoms with van der Waals surface area (Å²) in [6, 6.07) is 8.78. The summed E-state index contributed by atoms with van der Waals surface area (Å²) in [5, 5.41) is 0. The predicted molar refractivity (Wildman–Crippen MR) is 106 cm³/mol. The molecule has 0 aliphatic heterocycles. The first-order valence-electron chi connectivity index (χ1n) is 10.4. The largest absolute Gasteiger partial charge is 0.373 e. The van der Waals surface area contributed by atoms with E-state index in [1.165, 1.54) is 0 Å². The van der Waals surface area contributed by atoms with Gasteiger partial charge in [0.1, 0.15) is 5.82 Å². The average molecular weight is 390 g/mol. The molecule has 2 aromatic carbocycles. The zero-order chi connectivity index (χ0) is 20.1. The fraction of sp³-hybridized carbons (Fsp3) is 0.500. The van der Waals surface area contributed by atoms with Gasteiger partial charge in [-0.25, -0.2) is 13.2 Å². The smallest absolute Gasteiger partial charge is 0.162 e. The van der Waals surface area contributed by atoms with E-state index in [1.54, 1.807) is 24.3 Å². The van der Waals surface area contributed by atoms with E-state index in [0.717, 1.165) is 44.1 Å². The van der Waals surface area contributed by atoms with Gasteiger partial charge in [0.2, 0.25) is 0 Å². The summed E-state index contributed by atoms with van der Waals surface area (Å²) in [6.45, 7) is 4.14. The maximum Gasteiger partial charge on any atom is 0.162 e. The highest BCUT2D eigenvalue weighted by atomic mass is 19.2. The van der Waals surface area contributed by atoms with Crippen LogP contribution in [0.15, 0.2) is 30.3 Å². The van der Waals surface area contributed by atoms with Crippen molar-refractivity contribution >= 4 is 0 Å². The monoisotopic (exact) mass is 390 g/mol. The quantitative estimate of drug-likeness (QED) is 0.502. The highest BCUT2D eigenvalue weighted by molar-refractivity contribution is 5.29. The van der Waals surface area contributed by atoms with Crippen molar-refractivity contribution in [1.29, 1.82) is 0 Å². The number of aryl methyl sites for hydroxylation is 2. The topological polar surface area (TPSA) is 9.23 Å². The third-order valence-electron chi connectivity index (χ3n) is 5.82. The Kier molecular flexibility index (Phi) is 7.17. The summed E-state index contributed by atoms with van der Waals surface area (Å²) in [6.07, 6.45) is 5.44. The summed E-state index contributed by atoms with van der Waals surface area (Å²) in [7, 11) is 0. The molecule has 0 saturated heterocycles. The number of hydrogen-bond acceptors (Lipinski definition) is 1. The summed E-state index contributed by atoms with van der Waals surface area (Å²) in [4.78, 5) is 0. The minimum Gasteiger partial charge on any atom is -0.373 e. The van der Waals surface area contributed by atoms with Gasteiger partial charge in [-0.15, -0.1) is 0 Å². The molecule has 0 bridgehead atoms. The van der Waals surface area contributed by atoms with Crippen LogP contribution in [0.4, 0.5) is 13.2 Å². The van der Waals surface area contributed by atoms with Crippen LogP contribution in [0.5, 0.6) is 0 Å². The fourth-order valence-electron chi connectivity index (χ4n) is 4.09. The third-order valence-corrected chi connectivity index (χ3v) is 5.82. The molecule has 4 heteroatoms. The molecule has 0 atom stereocenters. The minimum absolute atomic E-state index is 0.0188. The van der Waals surface area contributed by atoms with Crippen molar-refractivity contribution in [3.05, 3.63) is 70.0 Å². The van der Waals surface area contributed by atoms with E-state index in [1.807, 2.05) is 13.0 Å². The highest BCUT2D eigenvalue weighted by Gasteiger charge is 2.26. The van der Waals surface area contributed by atoms with Gasteiger partial charge in [0.25, 0.3) is 0 Å². The Morgan fingerprint density at radius 1 is 0.893 bits per heavy atom. The molecule has 0 amide bonds. The Bertz CT molecular complexity index is 795. The van der Waals surface area contributed by atoms with Crippen LogP contribution in [-0.4, -0.2) is 6.10 Å². The summed E-state index contributed by atoms with van der Waals surface area (Å²) >= 11 is 0. The summed E-state index contributed by atoms with van der Waals surface area (Å²) < 4.78 is 48.6. The molecule has 1 nitrogen and oxygen atoms in total. The Morgan fingerprint density at radius 3 is 2.25 bits per heavy atom. The molecule has 1 aliphatic rings. The van der Waals surface area contributed by atoms with Crippen molar-refractivity contribution in [2.24, 2.45) is 0 Å². The SMILES string of the molecule is CCCc1ccc(COC2CCC(c3ccc(CC)c(F)c3F)CC2)c(F)c1. The van der Waals surface area contributed by atoms with Crippen molar-refractivity contribution in [3.63, 3.8) is 0 Å². The van der Waals surface area contributed by atoms with Gasteiger partial charge >= 0.3 is 0 Å². The number of ether oxygens (including phenoxy) is 1. The second-order valence-corrected chi connectivity index (χ2v) is 7.76. The molecular weight excluding hydrogens is 361 g/mol. The molecule has 1 fully saturated rings. The zero-order valence-electron chi connectivity index (χ0n) is 16.7. The van der Waals surface area contributed by atoms with Crippen LogP contribution in [0.3, 0.4) is 0 Å². The first-order chi connectivity index (χ1) is 13.5. The lowest BCUT2D eigenvalue weighted by Gasteiger charge is -2.29. The van der Waals surface area contributed by atoms with Crippen molar-refractivity contribution in [2.45, 2.75) is 77.4 Å². The maximum absolute atomic E-state index is 14.4. The van der Waals surface area contributed by atoms with E-state index in [0.29, 0.717) is 23.1 Å². The maximum atomic E-state index is 14.4. The van der Waals surface area contributed by atoms with Crippen LogP contribution in [0.1, 0.15) is 74.1 Å². The van der Waals surface area contributed by atoms with Gasteiger partial charge in [0.05, 0.1) is 12.7 Å². The molecule has 0 heterocycles. The molecular formula is C24H29F3O. The van der Waals surface area contributed by atoms with Gasteiger partial charge in [-0.1, -0.05) is 44.5 Å².